The van der Waals surface area contributed by atoms with Gasteiger partial charge < -0.3 is 15.2 Å². The molecule has 1 amide bonds. The summed E-state index contributed by atoms with van der Waals surface area (Å²) in [4.78, 5) is 34.0. The van der Waals surface area contributed by atoms with Crippen molar-refractivity contribution in [3.05, 3.63) is 52.3 Å². The number of ether oxygens (including phenoxy) is 1. The van der Waals surface area contributed by atoms with Crippen LogP contribution in [-0.2, 0) is 9.53 Å². The zero-order valence-corrected chi connectivity index (χ0v) is 14.2. The van der Waals surface area contributed by atoms with Gasteiger partial charge in [0, 0.05) is 19.4 Å². The minimum Gasteiger partial charge on any atom is -0.481 e. The Kier molecular flexibility index (Phi) is 5.68. The molecule has 1 unspecified atom stereocenters. The van der Waals surface area contributed by atoms with Crippen LogP contribution in [0.3, 0.4) is 0 Å². The highest BCUT2D eigenvalue weighted by molar-refractivity contribution is 5.93. The number of nitrogens with one attached hydrogen (secondary N) is 1. The number of carboxylic acids is 1. The normalized spacial score (nSPS) is 13.0. The number of aromatic nitrogens is 2. The minimum atomic E-state index is -1.12. The van der Waals surface area contributed by atoms with E-state index in [0.717, 1.165) is 0 Å². The van der Waals surface area contributed by atoms with Crippen molar-refractivity contribution in [2.24, 2.45) is 0 Å². The summed E-state index contributed by atoms with van der Waals surface area (Å²) in [7, 11) is 1.40. The number of benzene rings is 1. The molecule has 0 spiro atoms. The molecular formula is C16H18N4O6. The number of hydrogen-bond acceptors (Lipinski definition) is 6. The summed E-state index contributed by atoms with van der Waals surface area (Å²) < 4.78 is 6.20. The predicted octanol–water partition coefficient (Wildman–Crippen LogP) is 1.39. The third-order valence-electron chi connectivity index (χ3n) is 3.57. The first kappa shape index (κ1) is 19.1. The van der Waals surface area contributed by atoms with Crippen molar-refractivity contribution in [1.29, 1.82) is 0 Å². The molecule has 0 saturated carbocycles. The van der Waals surface area contributed by atoms with Gasteiger partial charge >= 0.3 is 5.97 Å². The van der Waals surface area contributed by atoms with E-state index in [2.05, 4.69) is 10.4 Å². The fourth-order valence-corrected chi connectivity index (χ4v) is 2.51. The second kappa shape index (κ2) is 7.74. The number of nitrogens with zero attached hydrogens (tertiary/aromatic N) is 3. The zero-order valence-electron chi connectivity index (χ0n) is 14.2. The SMILES string of the molecule is COCC(C)(CC(=O)O)NC(=O)c1ccn(-c2ccccc2[N+](=O)[O-])n1. The van der Waals surface area contributed by atoms with E-state index in [9.17, 15) is 19.7 Å². The van der Waals surface area contributed by atoms with E-state index < -0.39 is 22.3 Å². The first-order chi connectivity index (χ1) is 12.3. The van der Waals surface area contributed by atoms with Crippen molar-refractivity contribution < 1.29 is 24.4 Å². The maximum atomic E-state index is 12.4. The summed E-state index contributed by atoms with van der Waals surface area (Å²) in [5.74, 6) is -1.70. The van der Waals surface area contributed by atoms with E-state index >= 15 is 0 Å². The topological polar surface area (TPSA) is 137 Å². The highest BCUT2D eigenvalue weighted by Gasteiger charge is 2.30. The van der Waals surface area contributed by atoms with Crippen LogP contribution in [0.25, 0.3) is 5.69 Å². The van der Waals surface area contributed by atoms with Gasteiger partial charge in [0.2, 0.25) is 0 Å². The standard InChI is InChI=1S/C16H18N4O6/c1-16(10-26-2,9-14(21)22)17-15(23)11-7-8-19(18-11)12-5-3-4-6-13(12)20(24)25/h3-8H,9-10H2,1-2H3,(H,17,23)(H,21,22). The smallest absolute Gasteiger partial charge is 0.305 e. The Morgan fingerprint density at radius 2 is 2.08 bits per heavy atom. The van der Waals surface area contributed by atoms with Gasteiger partial charge in [0.1, 0.15) is 5.69 Å². The number of rotatable bonds is 8. The zero-order chi connectivity index (χ0) is 19.3. The van der Waals surface area contributed by atoms with E-state index in [0.29, 0.717) is 0 Å². The molecule has 26 heavy (non-hydrogen) atoms. The van der Waals surface area contributed by atoms with Gasteiger partial charge in [-0.15, -0.1) is 0 Å². The number of aliphatic carboxylic acids is 1. The third kappa shape index (κ3) is 4.42. The lowest BCUT2D eigenvalue weighted by molar-refractivity contribution is -0.384. The molecule has 138 valence electrons. The Morgan fingerprint density at radius 3 is 2.69 bits per heavy atom. The van der Waals surface area contributed by atoms with Gasteiger partial charge in [0.15, 0.2) is 5.69 Å². The lowest BCUT2D eigenvalue weighted by Gasteiger charge is -2.28. The first-order valence-electron chi connectivity index (χ1n) is 7.58. The molecule has 10 heteroatoms. The molecule has 0 aliphatic heterocycles. The fraction of sp³-hybridized carbons (Fsp3) is 0.312. The lowest BCUT2D eigenvalue weighted by Crippen LogP contribution is -2.50. The second-order valence-corrected chi connectivity index (χ2v) is 5.91. The molecular weight excluding hydrogens is 344 g/mol. The number of amides is 1. The minimum absolute atomic E-state index is 0.00383. The van der Waals surface area contributed by atoms with Crippen LogP contribution in [-0.4, -0.2) is 50.9 Å². The monoisotopic (exact) mass is 362 g/mol. The predicted molar refractivity (Wildman–Crippen MR) is 90.2 cm³/mol. The molecule has 0 bridgehead atoms. The Balaban J connectivity index is 2.25. The van der Waals surface area contributed by atoms with Crippen LogP contribution < -0.4 is 5.32 Å². The fourth-order valence-electron chi connectivity index (χ4n) is 2.51. The molecule has 10 nitrogen and oxygen atoms in total. The van der Waals surface area contributed by atoms with E-state index in [1.54, 1.807) is 13.0 Å². The van der Waals surface area contributed by atoms with E-state index in [-0.39, 0.29) is 30.1 Å². The van der Waals surface area contributed by atoms with Crippen LogP contribution in [0.15, 0.2) is 36.5 Å². The van der Waals surface area contributed by atoms with Crippen molar-refractivity contribution in [2.75, 3.05) is 13.7 Å². The highest BCUT2D eigenvalue weighted by Crippen LogP contribution is 2.21. The number of methoxy groups -OCH3 is 1. The number of para-hydroxylation sites is 2. The van der Waals surface area contributed by atoms with Gasteiger partial charge in [-0.2, -0.15) is 5.10 Å². The maximum Gasteiger partial charge on any atom is 0.305 e. The summed E-state index contributed by atoms with van der Waals surface area (Å²) in [5.41, 5.74) is -1.07. The summed E-state index contributed by atoms with van der Waals surface area (Å²) in [6.07, 6.45) is 1.08. The van der Waals surface area contributed by atoms with Crippen LogP contribution in [0.5, 0.6) is 0 Å². The summed E-state index contributed by atoms with van der Waals surface area (Å²) in [6.45, 7) is 1.54. The Morgan fingerprint density at radius 1 is 1.38 bits per heavy atom. The molecule has 2 N–H and O–H groups in total. The molecule has 2 rings (SSSR count). The number of nitro groups is 1. The maximum absolute atomic E-state index is 12.4. The largest absolute Gasteiger partial charge is 0.481 e. The number of carbonyl (C=O) groups is 2. The molecule has 0 radical (unpaired) electrons. The molecule has 2 aromatic rings. The number of carbonyl (C=O) groups excluding carboxylic acids is 1. The van der Waals surface area contributed by atoms with Gasteiger partial charge in [0.05, 0.1) is 23.5 Å². The van der Waals surface area contributed by atoms with E-state index in [1.165, 1.54) is 42.3 Å². The number of hydrogen-bond donors (Lipinski definition) is 2. The molecule has 0 saturated heterocycles. The third-order valence-corrected chi connectivity index (χ3v) is 3.57. The molecule has 1 heterocycles. The van der Waals surface area contributed by atoms with Crippen molar-refractivity contribution in [3.8, 4) is 5.69 Å². The van der Waals surface area contributed by atoms with Gasteiger partial charge in [0.25, 0.3) is 11.6 Å². The van der Waals surface area contributed by atoms with Crippen LogP contribution in [0.1, 0.15) is 23.8 Å². The van der Waals surface area contributed by atoms with E-state index in [1.807, 2.05) is 0 Å². The van der Waals surface area contributed by atoms with Gasteiger partial charge in [-0.05, 0) is 19.1 Å². The summed E-state index contributed by atoms with van der Waals surface area (Å²) in [6, 6.07) is 7.37. The first-order valence-corrected chi connectivity index (χ1v) is 7.58. The van der Waals surface area contributed by atoms with Crippen molar-refractivity contribution in [1.82, 2.24) is 15.1 Å². The quantitative estimate of drug-likeness (QED) is 0.535. The highest BCUT2D eigenvalue weighted by atomic mass is 16.6. The summed E-state index contributed by atoms with van der Waals surface area (Å²) >= 11 is 0. The molecule has 1 aromatic heterocycles. The van der Waals surface area contributed by atoms with Crippen LogP contribution in [0.4, 0.5) is 5.69 Å². The average molecular weight is 362 g/mol. The summed E-state index contributed by atoms with van der Waals surface area (Å²) in [5, 5.41) is 26.8. The van der Waals surface area contributed by atoms with Gasteiger partial charge in [-0.25, -0.2) is 4.68 Å². The Bertz CT molecular complexity index is 834. The van der Waals surface area contributed by atoms with E-state index in [4.69, 9.17) is 9.84 Å². The van der Waals surface area contributed by atoms with Crippen LogP contribution in [0, 0.1) is 10.1 Å². The number of nitro benzene ring substituents is 1. The average Bonchev–Trinajstić information content (AvgIpc) is 3.04. The molecule has 0 fully saturated rings. The van der Waals surface area contributed by atoms with Crippen LogP contribution >= 0.6 is 0 Å². The molecule has 0 aliphatic rings. The Hall–Kier alpha value is -3.27. The molecule has 1 atom stereocenters. The lowest BCUT2D eigenvalue weighted by atomic mass is 9.99. The van der Waals surface area contributed by atoms with Gasteiger partial charge in [-0.1, -0.05) is 12.1 Å². The van der Waals surface area contributed by atoms with Crippen molar-refractivity contribution in [3.63, 3.8) is 0 Å². The van der Waals surface area contributed by atoms with Crippen molar-refractivity contribution in [2.45, 2.75) is 18.9 Å². The number of carboxylic acid groups (broad SMARTS) is 1. The Labute approximate surface area is 148 Å². The van der Waals surface area contributed by atoms with Gasteiger partial charge in [-0.3, -0.25) is 19.7 Å². The second-order valence-electron chi connectivity index (χ2n) is 5.91. The van der Waals surface area contributed by atoms with Crippen LogP contribution in [0.2, 0.25) is 0 Å². The molecule has 0 aliphatic carbocycles. The molecule has 1 aromatic carbocycles. The van der Waals surface area contributed by atoms with Crippen molar-refractivity contribution >= 4 is 17.6 Å².